The van der Waals surface area contributed by atoms with E-state index in [1.807, 2.05) is 32.0 Å². The Labute approximate surface area is 107 Å². The van der Waals surface area contributed by atoms with E-state index in [0.29, 0.717) is 13.1 Å². The highest BCUT2D eigenvalue weighted by Gasteiger charge is 2.30. The molecule has 0 aliphatic carbocycles. The third-order valence-corrected chi connectivity index (χ3v) is 3.40. The molecule has 2 atom stereocenters. The van der Waals surface area contributed by atoms with Crippen LogP contribution in [0.4, 0.5) is 0 Å². The van der Waals surface area contributed by atoms with E-state index in [-0.39, 0.29) is 12.3 Å². The van der Waals surface area contributed by atoms with Crippen LogP contribution in [-0.2, 0) is 0 Å². The Bertz CT molecular complexity index is 448. The minimum absolute atomic E-state index is 0.0394. The van der Waals surface area contributed by atoms with Gasteiger partial charge in [-0.05, 0) is 25.5 Å². The van der Waals surface area contributed by atoms with Crippen LogP contribution in [0.1, 0.15) is 21.5 Å². The van der Waals surface area contributed by atoms with Gasteiger partial charge in [-0.1, -0.05) is 17.7 Å². The summed E-state index contributed by atoms with van der Waals surface area (Å²) < 4.78 is 0. The van der Waals surface area contributed by atoms with Crippen LogP contribution in [0, 0.1) is 13.8 Å². The zero-order valence-electron chi connectivity index (χ0n) is 10.8. The average molecular weight is 249 g/mol. The van der Waals surface area contributed by atoms with E-state index in [4.69, 9.17) is 0 Å². The molecule has 0 saturated carbocycles. The van der Waals surface area contributed by atoms with Crippen molar-refractivity contribution < 1.29 is 15.0 Å². The number of aliphatic hydroxyl groups is 2. The Morgan fingerprint density at radius 2 is 1.89 bits per heavy atom. The monoisotopic (exact) mass is 249 g/mol. The minimum atomic E-state index is -0.739. The summed E-state index contributed by atoms with van der Waals surface area (Å²) in [4.78, 5) is 14.0. The number of hydrogen-bond donors (Lipinski definition) is 2. The highest BCUT2D eigenvalue weighted by molar-refractivity contribution is 5.99. The molecule has 1 aromatic carbocycles. The highest BCUT2D eigenvalue weighted by Crippen LogP contribution is 2.15. The van der Waals surface area contributed by atoms with Crippen LogP contribution in [0.2, 0.25) is 0 Å². The molecule has 0 aromatic heterocycles. The summed E-state index contributed by atoms with van der Waals surface area (Å²) in [6.07, 6.45) is -1.48. The molecule has 0 spiro atoms. The maximum Gasteiger partial charge on any atom is 0.177 e. The summed E-state index contributed by atoms with van der Waals surface area (Å²) in [6.45, 7) is 4.84. The number of aryl methyl sites for hydroxylation is 2. The second-order valence-electron chi connectivity index (χ2n) is 5.07. The van der Waals surface area contributed by atoms with Gasteiger partial charge in [-0.2, -0.15) is 0 Å². The number of rotatable bonds is 3. The number of β-amino-alcohol motifs (C(OH)–C–C–N with tert-alkyl or cyclic N) is 2. The van der Waals surface area contributed by atoms with Crippen molar-refractivity contribution in [3.05, 3.63) is 34.9 Å². The summed E-state index contributed by atoms with van der Waals surface area (Å²) >= 11 is 0. The first-order valence-electron chi connectivity index (χ1n) is 6.16. The van der Waals surface area contributed by atoms with E-state index in [1.165, 1.54) is 0 Å². The van der Waals surface area contributed by atoms with Crippen molar-refractivity contribution in [3.63, 3.8) is 0 Å². The lowest BCUT2D eigenvalue weighted by atomic mass is 10.0. The minimum Gasteiger partial charge on any atom is -0.389 e. The first-order chi connectivity index (χ1) is 8.47. The maximum absolute atomic E-state index is 12.2. The Morgan fingerprint density at radius 1 is 1.28 bits per heavy atom. The molecule has 1 aliphatic rings. The average Bonchev–Trinajstić information content (AvgIpc) is 2.61. The number of likely N-dealkylation sites (tertiary alicyclic amines) is 1. The fourth-order valence-corrected chi connectivity index (χ4v) is 2.30. The molecule has 4 nitrogen and oxygen atoms in total. The Balaban J connectivity index is 2.06. The van der Waals surface area contributed by atoms with Crippen LogP contribution in [0.5, 0.6) is 0 Å². The topological polar surface area (TPSA) is 60.8 Å². The number of carbonyl (C=O) groups excluding carboxylic acids is 1. The van der Waals surface area contributed by atoms with Crippen LogP contribution in [0.3, 0.4) is 0 Å². The molecule has 0 radical (unpaired) electrons. The molecule has 2 rings (SSSR count). The predicted molar refractivity (Wildman–Crippen MR) is 68.7 cm³/mol. The Hall–Kier alpha value is -1.23. The van der Waals surface area contributed by atoms with E-state index in [1.54, 1.807) is 4.90 Å². The molecule has 1 heterocycles. The van der Waals surface area contributed by atoms with Crippen LogP contribution in [0.25, 0.3) is 0 Å². The molecule has 1 aromatic rings. The highest BCUT2D eigenvalue weighted by atomic mass is 16.3. The molecule has 2 N–H and O–H groups in total. The molecule has 1 saturated heterocycles. The van der Waals surface area contributed by atoms with E-state index in [9.17, 15) is 15.0 Å². The number of hydrogen-bond acceptors (Lipinski definition) is 4. The molecule has 1 aliphatic heterocycles. The van der Waals surface area contributed by atoms with E-state index < -0.39 is 12.2 Å². The first-order valence-corrected chi connectivity index (χ1v) is 6.16. The van der Waals surface area contributed by atoms with Crippen LogP contribution < -0.4 is 0 Å². The summed E-state index contributed by atoms with van der Waals surface area (Å²) in [5, 5.41) is 18.9. The van der Waals surface area contributed by atoms with Crippen molar-refractivity contribution in [1.82, 2.24) is 4.90 Å². The second-order valence-corrected chi connectivity index (χ2v) is 5.07. The molecule has 98 valence electrons. The lowest BCUT2D eigenvalue weighted by molar-refractivity contribution is 0.0572. The van der Waals surface area contributed by atoms with Crippen molar-refractivity contribution >= 4 is 5.78 Å². The zero-order chi connectivity index (χ0) is 13.3. The predicted octanol–water partition coefficient (Wildman–Crippen LogP) is 0.524. The van der Waals surface area contributed by atoms with Gasteiger partial charge in [0.1, 0.15) is 0 Å². The number of aliphatic hydroxyl groups excluding tert-OH is 2. The number of benzene rings is 1. The van der Waals surface area contributed by atoms with Gasteiger partial charge in [0.2, 0.25) is 0 Å². The van der Waals surface area contributed by atoms with Crippen molar-refractivity contribution in [2.75, 3.05) is 19.6 Å². The van der Waals surface area contributed by atoms with Gasteiger partial charge in [0.05, 0.1) is 18.8 Å². The van der Waals surface area contributed by atoms with E-state index >= 15 is 0 Å². The lowest BCUT2D eigenvalue weighted by Gasteiger charge is -2.14. The molecule has 1 fully saturated rings. The summed E-state index contributed by atoms with van der Waals surface area (Å²) in [6, 6.07) is 5.81. The molecule has 0 amide bonds. The van der Waals surface area contributed by atoms with Crippen LogP contribution in [0.15, 0.2) is 18.2 Å². The first kappa shape index (κ1) is 13.2. The quantitative estimate of drug-likeness (QED) is 0.767. The van der Waals surface area contributed by atoms with Gasteiger partial charge in [-0.25, -0.2) is 0 Å². The summed E-state index contributed by atoms with van der Waals surface area (Å²) in [7, 11) is 0. The van der Waals surface area contributed by atoms with Gasteiger partial charge < -0.3 is 10.2 Å². The number of Topliss-reactive ketones (excluding diaryl/α,β-unsaturated/α-hetero) is 1. The molecular formula is C14H19NO3. The number of carbonyl (C=O) groups is 1. The lowest BCUT2D eigenvalue weighted by Crippen LogP contribution is -2.29. The fraction of sp³-hybridized carbons (Fsp3) is 0.500. The third-order valence-electron chi connectivity index (χ3n) is 3.40. The van der Waals surface area contributed by atoms with Crippen molar-refractivity contribution in [3.8, 4) is 0 Å². The second kappa shape index (κ2) is 5.18. The van der Waals surface area contributed by atoms with Gasteiger partial charge in [-0.15, -0.1) is 0 Å². The maximum atomic E-state index is 12.2. The number of nitrogens with zero attached hydrogens (tertiary/aromatic N) is 1. The van der Waals surface area contributed by atoms with Gasteiger partial charge in [0.25, 0.3) is 0 Å². The standard InChI is InChI=1S/C14H19NO3/c1-9-3-4-10(2)11(5-9)12(16)6-15-7-13(17)14(18)8-15/h3-5,13-14,17-18H,6-8H2,1-2H3. The van der Waals surface area contributed by atoms with Gasteiger partial charge in [0, 0.05) is 18.7 Å². The Morgan fingerprint density at radius 3 is 2.50 bits per heavy atom. The van der Waals surface area contributed by atoms with Crippen molar-refractivity contribution in [2.45, 2.75) is 26.1 Å². The molecule has 2 unspecified atom stereocenters. The Kier molecular flexibility index (Phi) is 3.80. The zero-order valence-corrected chi connectivity index (χ0v) is 10.8. The molecule has 4 heteroatoms. The normalized spacial score (nSPS) is 24.4. The SMILES string of the molecule is Cc1ccc(C)c(C(=O)CN2CC(O)C(O)C2)c1. The smallest absolute Gasteiger partial charge is 0.177 e. The molecular weight excluding hydrogens is 230 g/mol. The summed E-state index contributed by atoms with van der Waals surface area (Å²) in [5.74, 6) is 0.0394. The van der Waals surface area contributed by atoms with Gasteiger partial charge in [0.15, 0.2) is 5.78 Å². The van der Waals surface area contributed by atoms with Crippen molar-refractivity contribution in [2.24, 2.45) is 0 Å². The molecule has 0 bridgehead atoms. The van der Waals surface area contributed by atoms with E-state index in [2.05, 4.69) is 0 Å². The van der Waals surface area contributed by atoms with Gasteiger partial charge in [-0.3, -0.25) is 9.69 Å². The third kappa shape index (κ3) is 2.77. The van der Waals surface area contributed by atoms with Crippen molar-refractivity contribution in [1.29, 1.82) is 0 Å². The molecule has 18 heavy (non-hydrogen) atoms. The van der Waals surface area contributed by atoms with Gasteiger partial charge >= 0.3 is 0 Å². The van der Waals surface area contributed by atoms with Crippen LogP contribution in [-0.4, -0.2) is 52.7 Å². The van der Waals surface area contributed by atoms with E-state index in [0.717, 1.165) is 16.7 Å². The largest absolute Gasteiger partial charge is 0.389 e. The van der Waals surface area contributed by atoms with Crippen LogP contribution >= 0.6 is 0 Å². The fourth-order valence-electron chi connectivity index (χ4n) is 2.30. The summed E-state index contributed by atoms with van der Waals surface area (Å²) in [5.41, 5.74) is 2.75. The number of ketones is 1.